The Bertz CT molecular complexity index is 557. The van der Waals surface area contributed by atoms with Crippen LogP contribution in [-0.4, -0.2) is 16.1 Å². The van der Waals surface area contributed by atoms with E-state index in [2.05, 4.69) is 11.9 Å². The van der Waals surface area contributed by atoms with Gasteiger partial charge in [-0.2, -0.15) is 0 Å². The van der Waals surface area contributed by atoms with Gasteiger partial charge in [-0.15, -0.1) is 11.3 Å². The van der Waals surface area contributed by atoms with E-state index in [-0.39, 0.29) is 0 Å². The number of thiazole rings is 1. The monoisotopic (exact) mass is 233 g/mol. The minimum atomic E-state index is -0.949. The normalized spacial score (nSPS) is 11.3. The van der Waals surface area contributed by atoms with Crippen molar-refractivity contribution in [1.29, 1.82) is 0 Å². The van der Waals surface area contributed by atoms with Gasteiger partial charge in [0.05, 0.1) is 10.2 Å². The number of carboxylic acid groups (broad SMARTS) is 1. The largest absolute Gasteiger partial charge is 0.478 e. The Morgan fingerprint density at radius 1 is 1.56 bits per heavy atom. The highest BCUT2D eigenvalue weighted by atomic mass is 32.1. The van der Waals surface area contributed by atoms with Crippen LogP contribution in [0.15, 0.2) is 24.3 Å². The van der Waals surface area contributed by atoms with E-state index < -0.39 is 5.97 Å². The maximum absolute atomic E-state index is 10.4. The molecule has 0 aliphatic rings. The zero-order valence-electron chi connectivity index (χ0n) is 8.80. The van der Waals surface area contributed by atoms with Gasteiger partial charge in [0.15, 0.2) is 0 Å². The molecule has 1 aromatic carbocycles. The summed E-state index contributed by atoms with van der Waals surface area (Å²) >= 11 is 1.51. The van der Waals surface area contributed by atoms with Crippen LogP contribution in [0.3, 0.4) is 0 Å². The fraction of sp³-hybridized carbons (Fsp3) is 0.167. The molecule has 0 saturated carbocycles. The summed E-state index contributed by atoms with van der Waals surface area (Å²) in [6, 6.07) is 6.06. The quantitative estimate of drug-likeness (QED) is 0.829. The molecule has 0 spiro atoms. The number of carbonyl (C=O) groups is 1. The molecule has 0 aliphatic carbocycles. The zero-order valence-corrected chi connectivity index (χ0v) is 9.62. The van der Waals surface area contributed by atoms with Crippen LogP contribution in [0, 0.1) is 0 Å². The second-order valence-electron chi connectivity index (χ2n) is 3.34. The first kappa shape index (κ1) is 10.8. The second-order valence-corrected chi connectivity index (χ2v) is 4.40. The lowest BCUT2D eigenvalue weighted by molar-refractivity contribution is -0.131. The van der Waals surface area contributed by atoms with Gasteiger partial charge in [-0.25, -0.2) is 9.78 Å². The topological polar surface area (TPSA) is 50.2 Å². The van der Waals surface area contributed by atoms with E-state index in [1.54, 1.807) is 0 Å². The molecular weight excluding hydrogens is 222 g/mol. The van der Waals surface area contributed by atoms with Gasteiger partial charge >= 0.3 is 5.97 Å². The smallest absolute Gasteiger partial charge is 0.328 e. The lowest BCUT2D eigenvalue weighted by Gasteiger charge is -1.95. The van der Waals surface area contributed by atoms with Crippen molar-refractivity contribution in [3.63, 3.8) is 0 Å². The molecule has 1 heterocycles. The minimum Gasteiger partial charge on any atom is -0.478 e. The molecule has 16 heavy (non-hydrogen) atoms. The summed E-state index contributed by atoms with van der Waals surface area (Å²) in [5.74, 6) is -0.949. The molecule has 0 unspecified atom stereocenters. The van der Waals surface area contributed by atoms with E-state index in [9.17, 15) is 4.79 Å². The summed E-state index contributed by atoms with van der Waals surface area (Å²) in [5.41, 5.74) is 2.18. The molecule has 4 heteroatoms. The number of nitrogens with zero attached hydrogens (tertiary/aromatic N) is 1. The number of aryl methyl sites for hydroxylation is 1. The Morgan fingerprint density at radius 2 is 2.38 bits per heavy atom. The van der Waals surface area contributed by atoms with Crippen molar-refractivity contribution >= 4 is 33.6 Å². The first-order valence-electron chi connectivity index (χ1n) is 5.00. The molecule has 1 aromatic heterocycles. The number of hydrogen-bond acceptors (Lipinski definition) is 3. The Kier molecular flexibility index (Phi) is 3.01. The Labute approximate surface area is 97.1 Å². The van der Waals surface area contributed by atoms with E-state index in [4.69, 9.17) is 5.11 Å². The van der Waals surface area contributed by atoms with Gasteiger partial charge in [0.2, 0.25) is 0 Å². The van der Waals surface area contributed by atoms with Crippen LogP contribution in [0.25, 0.3) is 16.3 Å². The van der Waals surface area contributed by atoms with Crippen LogP contribution in [0.4, 0.5) is 0 Å². The summed E-state index contributed by atoms with van der Waals surface area (Å²) in [6.07, 6.45) is 3.58. The molecule has 82 valence electrons. The zero-order chi connectivity index (χ0) is 11.5. The Hall–Kier alpha value is -1.68. The Balaban J connectivity index is 2.47. The van der Waals surface area contributed by atoms with Crippen LogP contribution in [0.1, 0.15) is 17.5 Å². The minimum absolute atomic E-state index is 0.735. The van der Waals surface area contributed by atoms with E-state index in [1.165, 1.54) is 23.0 Å². The molecule has 1 N–H and O–H groups in total. The van der Waals surface area contributed by atoms with Crippen molar-refractivity contribution in [2.24, 2.45) is 0 Å². The summed E-state index contributed by atoms with van der Waals surface area (Å²) in [5, 5.41) is 9.28. The molecule has 0 bridgehead atoms. The maximum Gasteiger partial charge on any atom is 0.328 e. The van der Waals surface area contributed by atoms with Crippen LogP contribution in [0.5, 0.6) is 0 Å². The molecule has 0 fully saturated rings. The predicted molar refractivity (Wildman–Crippen MR) is 65.7 cm³/mol. The van der Waals surface area contributed by atoms with Crippen LogP contribution < -0.4 is 0 Å². The summed E-state index contributed by atoms with van der Waals surface area (Å²) in [6.45, 7) is 2.08. The molecule has 0 aliphatic heterocycles. The number of aliphatic carboxylic acids is 1. The van der Waals surface area contributed by atoms with Crippen molar-refractivity contribution in [2.45, 2.75) is 13.3 Å². The molecule has 3 nitrogen and oxygen atoms in total. The maximum atomic E-state index is 10.4. The average molecular weight is 233 g/mol. The van der Waals surface area contributed by atoms with Gasteiger partial charge < -0.3 is 5.11 Å². The average Bonchev–Trinajstić information content (AvgIpc) is 2.68. The lowest BCUT2D eigenvalue weighted by Crippen LogP contribution is -1.85. The molecule has 0 radical (unpaired) electrons. The highest BCUT2D eigenvalue weighted by molar-refractivity contribution is 7.19. The van der Waals surface area contributed by atoms with Crippen molar-refractivity contribution in [1.82, 2.24) is 4.98 Å². The van der Waals surface area contributed by atoms with Crippen molar-refractivity contribution in [3.05, 3.63) is 34.8 Å². The van der Waals surface area contributed by atoms with Crippen LogP contribution in [-0.2, 0) is 11.2 Å². The van der Waals surface area contributed by atoms with Gasteiger partial charge in [-0.3, -0.25) is 0 Å². The number of carboxylic acids is 1. The van der Waals surface area contributed by atoms with E-state index in [0.717, 1.165) is 27.7 Å². The summed E-state index contributed by atoms with van der Waals surface area (Å²) in [7, 11) is 0. The molecule has 0 atom stereocenters. The van der Waals surface area contributed by atoms with Crippen molar-refractivity contribution in [2.75, 3.05) is 0 Å². The number of benzene rings is 1. The van der Waals surface area contributed by atoms with Gasteiger partial charge in [-0.1, -0.05) is 19.1 Å². The Morgan fingerprint density at radius 3 is 3.06 bits per heavy atom. The first-order valence-corrected chi connectivity index (χ1v) is 5.82. The van der Waals surface area contributed by atoms with E-state index in [0.29, 0.717) is 0 Å². The molecule has 0 amide bonds. The number of rotatable bonds is 3. The SMILES string of the molecule is CCc1cccc2sc(/C=C/C(=O)O)nc12. The van der Waals surface area contributed by atoms with E-state index in [1.807, 2.05) is 18.2 Å². The number of para-hydroxylation sites is 1. The predicted octanol–water partition coefficient (Wildman–Crippen LogP) is 2.96. The molecule has 2 aromatic rings. The molecular formula is C12H11NO2S. The number of aromatic nitrogens is 1. The second kappa shape index (κ2) is 4.45. The third kappa shape index (κ3) is 2.12. The molecule has 2 rings (SSSR count). The van der Waals surface area contributed by atoms with Gasteiger partial charge in [0.25, 0.3) is 0 Å². The van der Waals surface area contributed by atoms with Gasteiger partial charge in [0, 0.05) is 6.08 Å². The standard InChI is InChI=1S/C12H11NO2S/c1-2-8-4-3-5-9-12(8)13-10(16-9)6-7-11(14)15/h3-7H,2H2,1H3,(H,14,15)/b7-6+. The van der Waals surface area contributed by atoms with Gasteiger partial charge in [0.1, 0.15) is 5.01 Å². The fourth-order valence-corrected chi connectivity index (χ4v) is 2.44. The number of fused-ring (bicyclic) bond motifs is 1. The van der Waals surface area contributed by atoms with Crippen molar-refractivity contribution < 1.29 is 9.90 Å². The van der Waals surface area contributed by atoms with Crippen LogP contribution >= 0.6 is 11.3 Å². The first-order chi connectivity index (χ1) is 7.70. The van der Waals surface area contributed by atoms with Crippen LogP contribution in [0.2, 0.25) is 0 Å². The number of hydrogen-bond donors (Lipinski definition) is 1. The van der Waals surface area contributed by atoms with E-state index >= 15 is 0 Å². The highest BCUT2D eigenvalue weighted by Crippen LogP contribution is 2.25. The summed E-state index contributed by atoms with van der Waals surface area (Å²) in [4.78, 5) is 14.8. The van der Waals surface area contributed by atoms with Crippen molar-refractivity contribution in [3.8, 4) is 0 Å². The molecule has 0 saturated heterocycles. The third-order valence-corrected chi connectivity index (χ3v) is 3.25. The fourth-order valence-electron chi connectivity index (χ4n) is 1.52. The summed E-state index contributed by atoms with van der Waals surface area (Å²) < 4.78 is 1.10. The third-order valence-electron chi connectivity index (χ3n) is 2.27. The van der Waals surface area contributed by atoms with Gasteiger partial charge in [-0.05, 0) is 24.1 Å². The highest BCUT2D eigenvalue weighted by Gasteiger charge is 2.04. The lowest BCUT2D eigenvalue weighted by atomic mass is 10.1.